The molecule has 6 heteroatoms. The van der Waals surface area contributed by atoms with Crippen molar-refractivity contribution in [1.29, 1.82) is 0 Å². The topological polar surface area (TPSA) is 65.6 Å². The third-order valence-corrected chi connectivity index (χ3v) is 4.38. The van der Waals surface area contributed by atoms with Crippen LogP contribution in [0.25, 0.3) is 0 Å². The van der Waals surface area contributed by atoms with Crippen molar-refractivity contribution in [2.45, 2.75) is 32.5 Å². The zero-order valence-corrected chi connectivity index (χ0v) is 13.7. The fraction of sp³-hybridized carbons (Fsp3) is 0.529. The van der Waals surface area contributed by atoms with Gasteiger partial charge in [-0.3, -0.25) is 9.80 Å². The van der Waals surface area contributed by atoms with Gasteiger partial charge in [-0.15, -0.1) is 0 Å². The molecule has 2 heterocycles. The van der Waals surface area contributed by atoms with Gasteiger partial charge in [-0.05, 0) is 12.5 Å². The zero-order valence-electron chi connectivity index (χ0n) is 13.7. The number of aryl methyl sites for hydroxylation is 1. The molecule has 2 aromatic rings. The highest BCUT2D eigenvalue weighted by Crippen LogP contribution is 2.18. The monoisotopic (exact) mass is 316 g/mol. The highest BCUT2D eigenvalue weighted by molar-refractivity contribution is 5.17. The number of rotatable bonds is 5. The molecule has 23 heavy (non-hydrogen) atoms. The van der Waals surface area contributed by atoms with Crippen molar-refractivity contribution in [3.8, 4) is 0 Å². The Balaban J connectivity index is 1.52. The van der Waals surface area contributed by atoms with E-state index in [1.807, 2.05) is 37.3 Å². The van der Waals surface area contributed by atoms with Gasteiger partial charge in [-0.1, -0.05) is 35.5 Å². The van der Waals surface area contributed by atoms with Crippen molar-refractivity contribution < 1.29 is 9.63 Å². The largest absolute Gasteiger partial charge is 0.387 e. The lowest BCUT2D eigenvalue weighted by Crippen LogP contribution is -2.52. The van der Waals surface area contributed by atoms with Crippen LogP contribution in [0.1, 0.15) is 30.3 Å². The van der Waals surface area contributed by atoms with E-state index < -0.39 is 6.10 Å². The van der Waals surface area contributed by atoms with E-state index in [0.717, 1.165) is 37.6 Å². The molecule has 0 spiro atoms. The summed E-state index contributed by atoms with van der Waals surface area (Å²) in [4.78, 5) is 8.94. The first-order chi connectivity index (χ1) is 11.1. The van der Waals surface area contributed by atoms with Gasteiger partial charge in [0.05, 0.1) is 12.6 Å². The Hall–Kier alpha value is -1.76. The number of benzene rings is 1. The Morgan fingerprint density at radius 3 is 2.74 bits per heavy atom. The number of nitrogens with zero attached hydrogens (tertiary/aromatic N) is 4. The average Bonchev–Trinajstić information content (AvgIpc) is 2.96. The molecular formula is C17H24N4O2. The summed E-state index contributed by atoms with van der Waals surface area (Å²) in [6.07, 6.45) is -0.440. The normalized spacial score (nSPS) is 21.4. The highest BCUT2D eigenvalue weighted by atomic mass is 16.5. The number of hydrogen-bond donors (Lipinski definition) is 1. The SMILES string of the molecule is Cc1nc(CN2CCN(CC(O)c3ccccc3)C(C)C2)no1. The molecule has 3 rings (SSSR count). The van der Waals surface area contributed by atoms with Crippen LogP contribution in [0.5, 0.6) is 0 Å². The van der Waals surface area contributed by atoms with E-state index in [1.54, 1.807) is 0 Å². The second kappa shape index (κ2) is 7.21. The lowest BCUT2D eigenvalue weighted by atomic mass is 10.1. The van der Waals surface area contributed by atoms with Crippen molar-refractivity contribution >= 4 is 0 Å². The van der Waals surface area contributed by atoms with Crippen molar-refractivity contribution in [2.75, 3.05) is 26.2 Å². The van der Waals surface area contributed by atoms with Gasteiger partial charge < -0.3 is 9.63 Å². The van der Waals surface area contributed by atoms with Gasteiger partial charge in [0.15, 0.2) is 5.82 Å². The molecule has 1 aliphatic rings. The van der Waals surface area contributed by atoms with Crippen molar-refractivity contribution in [3.05, 3.63) is 47.6 Å². The third-order valence-electron chi connectivity index (χ3n) is 4.38. The molecule has 0 saturated carbocycles. The summed E-state index contributed by atoms with van der Waals surface area (Å²) in [5.74, 6) is 1.35. The summed E-state index contributed by atoms with van der Waals surface area (Å²) in [6, 6.07) is 10.2. The van der Waals surface area contributed by atoms with E-state index in [9.17, 15) is 5.11 Å². The lowest BCUT2D eigenvalue weighted by Gasteiger charge is -2.40. The number of aromatic nitrogens is 2. The molecule has 2 atom stereocenters. The standard InChI is InChI=1S/C17H24N4O2/c1-13-10-20(12-17-18-14(2)23-19-17)8-9-21(13)11-16(22)15-6-4-3-5-7-15/h3-7,13,16,22H,8-12H2,1-2H3. The summed E-state index contributed by atoms with van der Waals surface area (Å²) in [7, 11) is 0. The minimum absolute atomic E-state index is 0.384. The van der Waals surface area contributed by atoms with Crippen LogP contribution < -0.4 is 0 Å². The van der Waals surface area contributed by atoms with Crippen molar-refractivity contribution in [1.82, 2.24) is 19.9 Å². The van der Waals surface area contributed by atoms with Gasteiger partial charge >= 0.3 is 0 Å². The molecule has 0 amide bonds. The minimum atomic E-state index is -0.440. The number of hydrogen-bond acceptors (Lipinski definition) is 6. The molecule has 1 N–H and O–H groups in total. The second-order valence-electron chi connectivity index (χ2n) is 6.24. The van der Waals surface area contributed by atoms with Gasteiger partial charge in [0, 0.05) is 39.1 Å². The zero-order chi connectivity index (χ0) is 16.2. The summed E-state index contributed by atoms with van der Waals surface area (Å²) in [6.45, 7) is 8.21. The van der Waals surface area contributed by atoms with E-state index in [4.69, 9.17) is 4.52 Å². The first-order valence-corrected chi connectivity index (χ1v) is 8.10. The van der Waals surface area contributed by atoms with Crippen LogP contribution in [0.3, 0.4) is 0 Å². The molecular weight excluding hydrogens is 292 g/mol. The molecule has 0 aliphatic carbocycles. The maximum Gasteiger partial charge on any atom is 0.223 e. The Kier molecular flexibility index (Phi) is 5.05. The quantitative estimate of drug-likeness (QED) is 0.904. The van der Waals surface area contributed by atoms with E-state index in [2.05, 4.69) is 26.9 Å². The van der Waals surface area contributed by atoms with Crippen LogP contribution in [-0.4, -0.2) is 57.3 Å². The molecule has 0 bridgehead atoms. The maximum absolute atomic E-state index is 10.4. The fourth-order valence-corrected chi connectivity index (χ4v) is 3.09. The summed E-state index contributed by atoms with van der Waals surface area (Å²) >= 11 is 0. The minimum Gasteiger partial charge on any atom is -0.387 e. The van der Waals surface area contributed by atoms with Gasteiger partial charge in [-0.2, -0.15) is 4.98 Å². The Morgan fingerprint density at radius 2 is 2.09 bits per heavy atom. The van der Waals surface area contributed by atoms with Crippen LogP contribution in [-0.2, 0) is 6.54 Å². The Labute approximate surface area is 136 Å². The molecule has 1 aliphatic heterocycles. The van der Waals surface area contributed by atoms with Gasteiger partial charge in [0.25, 0.3) is 0 Å². The highest BCUT2D eigenvalue weighted by Gasteiger charge is 2.26. The van der Waals surface area contributed by atoms with E-state index in [-0.39, 0.29) is 0 Å². The predicted octanol–water partition coefficient (Wildman–Crippen LogP) is 1.62. The maximum atomic E-state index is 10.4. The molecule has 1 aromatic heterocycles. The Morgan fingerprint density at radius 1 is 1.30 bits per heavy atom. The molecule has 124 valence electrons. The molecule has 2 unspecified atom stereocenters. The summed E-state index contributed by atoms with van der Waals surface area (Å²) in [5, 5.41) is 14.4. The first-order valence-electron chi connectivity index (χ1n) is 8.10. The third kappa shape index (κ3) is 4.16. The van der Waals surface area contributed by atoms with Crippen LogP contribution in [0, 0.1) is 6.92 Å². The molecule has 1 aromatic carbocycles. The van der Waals surface area contributed by atoms with E-state index in [1.165, 1.54) is 0 Å². The molecule has 1 saturated heterocycles. The van der Waals surface area contributed by atoms with Crippen LogP contribution >= 0.6 is 0 Å². The Bertz CT molecular complexity index is 616. The first kappa shape index (κ1) is 16.1. The summed E-state index contributed by atoms with van der Waals surface area (Å²) in [5.41, 5.74) is 0.976. The number of aliphatic hydroxyl groups is 1. The number of aliphatic hydroxyl groups excluding tert-OH is 1. The second-order valence-corrected chi connectivity index (χ2v) is 6.24. The van der Waals surface area contributed by atoms with Gasteiger partial charge in [0.1, 0.15) is 0 Å². The average molecular weight is 316 g/mol. The van der Waals surface area contributed by atoms with Crippen LogP contribution in [0.4, 0.5) is 0 Å². The number of β-amino-alcohol motifs (C(OH)–C–C–N with tert-alkyl or cyclic N) is 1. The van der Waals surface area contributed by atoms with Gasteiger partial charge in [0.2, 0.25) is 5.89 Å². The smallest absolute Gasteiger partial charge is 0.223 e. The molecule has 0 radical (unpaired) electrons. The number of piperazine rings is 1. The van der Waals surface area contributed by atoms with E-state index in [0.29, 0.717) is 18.5 Å². The van der Waals surface area contributed by atoms with Crippen LogP contribution in [0.2, 0.25) is 0 Å². The fourth-order valence-electron chi connectivity index (χ4n) is 3.09. The molecule has 1 fully saturated rings. The van der Waals surface area contributed by atoms with E-state index >= 15 is 0 Å². The molecule has 6 nitrogen and oxygen atoms in total. The lowest BCUT2D eigenvalue weighted by molar-refractivity contribution is 0.0351. The van der Waals surface area contributed by atoms with Crippen molar-refractivity contribution in [2.24, 2.45) is 0 Å². The van der Waals surface area contributed by atoms with Crippen LogP contribution in [0.15, 0.2) is 34.9 Å². The van der Waals surface area contributed by atoms with Crippen molar-refractivity contribution in [3.63, 3.8) is 0 Å². The summed E-state index contributed by atoms with van der Waals surface area (Å²) < 4.78 is 5.02. The van der Waals surface area contributed by atoms with Gasteiger partial charge in [-0.25, -0.2) is 0 Å². The predicted molar refractivity (Wildman–Crippen MR) is 86.7 cm³/mol.